The smallest absolute Gasteiger partial charge is 0.390 e. The summed E-state index contributed by atoms with van der Waals surface area (Å²) >= 11 is 0. The van der Waals surface area contributed by atoms with Crippen molar-refractivity contribution in [3.63, 3.8) is 0 Å². The number of benzene rings is 1. The number of rotatable bonds is 7. The Kier molecular flexibility index (Phi) is 6.33. The van der Waals surface area contributed by atoms with Gasteiger partial charge in [0.15, 0.2) is 0 Å². The highest BCUT2D eigenvalue weighted by atomic mass is 19.4. The molecule has 1 rings (SSSR count). The zero-order chi connectivity index (χ0) is 15.2. The molecule has 1 aromatic carbocycles. The third kappa shape index (κ3) is 6.28. The molecule has 20 heavy (non-hydrogen) atoms. The maximum Gasteiger partial charge on any atom is 0.390 e. The lowest BCUT2D eigenvalue weighted by molar-refractivity contribution is -0.140. The highest BCUT2D eigenvalue weighted by Gasteiger charge is 2.32. The molecule has 5 heteroatoms. The molecule has 1 N–H and O–H groups in total. The van der Waals surface area contributed by atoms with Crippen LogP contribution in [0.4, 0.5) is 13.2 Å². The van der Waals surface area contributed by atoms with Crippen LogP contribution in [0.1, 0.15) is 45.2 Å². The Morgan fingerprint density at radius 2 is 1.95 bits per heavy atom. The lowest BCUT2D eigenvalue weighted by Gasteiger charge is -2.21. The standard InChI is InChI=1S/C15H22F3NO/c1-4-8-19-14(10-15(16,17)18)12-6-5-7-13(9-12)20-11(2)3/h5-7,9,11,14,19H,4,8,10H2,1-3H3. The number of ether oxygens (including phenoxy) is 1. The maximum atomic E-state index is 12.7. The molecule has 0 aliphatic rings. The van der Waals surface area contributed by atoms with Crippen molar-refractivity contribution in [1.29, 1.82) is 0 Å². The number of nitrogens with one attached hydrogen (secondary N) is 1. The molecule has 0 aliphatic carbocycles. The Bertz CT molecular complexity index is 404. The van der Waals surface area contributed by atoms with Crippen LogP contribution >= 0.6 is 0 Å². The summed E-state index contributed by atoms with van der Waals surface area (Å²) in [5.74, 6) is 0.600. The molecule has 0 aromatic heterocycles. The Labute approximate surface area is 118 Å². The molecule has 114 valence electrons. The van der Waals surface area contributed by atoms with Crippen molar-refractivity contribution in [3.05, 3.63) is 29.8 Å². The first-order chi connectivity index (χ1) is 9.31. The van der Waals surface area contributed by atoms with Gasteiger partial charge in [0.25, 0.3) is 0 Å². The summed E-state index contributed by atoms with van der Waals surface area (Å²) in [6, 6.07) is 6.13. The van der Waals surface area contributed by atoms with Gasteiger partial charge < -0.3 is 10.1 Å². The van der Waals surface area contributed by atoms with Gasteiger partial charge in [-0.2, -0.15) is 13.2 Å². The van der Waals surface area contributed by atoms with Gasteiger partial charge in [0.05, 0.1) is 12.5 Å². The van der Waals surface area contributed by atoms with Crippen molar-refractivity contribution < 1.29 is 17.9 Å². The minimum absolute atomic E-state index is 0.00471. The molecule has 0 fully saturated rings. The molecule has 0 heterocycles. The molecule has 0 saturated carbocycles. The third-order valence-corrected chi connectivity index (χ3v) is 2.71. The predicted molar refractivity (Wildman–Crippen MR) is 73.9 cm³/mol. The van der Waals surface area contributed by atoms with Crippen LogP contribution in [0.5, 0.6) is 5.75 Å². The van der Waals surface area contributed by atoms with Gasteiger partial charge in [-0.1, -0.05) is 19.1 Å². The largest absolute Gasteiger partial charge is 0.491 e. The van der Waals surface area contributed by atoms with Crippen molar-refractivity contribution in [2.24, 2.45) is 0 Å². The van der Waals surface area contributed by atoms with Crippen molar-refractivity contribution >= 4 is 0 Å². The quantitative estimate of drug-likeness (QED) is 0.799. The van der Waals surface area contributed by atoms with Crippen molar-refractivity contribution in [3.8, 4) is 5.75 Å². The van der Waals surface area contributed by atoms with Crippen LogP contribution in [0.2, 0.25) is 0 Å². The highest BCUT2D eigenvalue weighted by Crippen LogP contribution is 2.31. The van der Waals surface area contributed by atoms with E-state index in [9.17, 15) is 13.2 Å². The first-order valence-corrected chi connectivity index (χ1v) is 6.88. The van der Waals surface area contributed by atoms with Gasteiger partial charge >= 0.3 is 6.18 Å². The van der Waals surface area contributed by atoms with Gasteiger partial charge in [-0.3, -0.25) is 0 Å². The maximum absolute atomic E-state index is 12.7. The summed E-state index contributed by atoms with van der Waals surface area (Å²) in [6.45, 7) is 6.25. The van der Waals surface area contributed by atoms with Crippen molar-refractivity contribution in [2.45, 2.75) is 51.9 Å². The average Bonchev–Trinajstić information content (AvgIpc) is 2.32. The van der Waals surface area contributed by atoms with Crippen LogP contribution in [0.15, 0.2) is 24.3 Å². The number of alkyl halides is 3. The van der Waals surface area contributed by atoms with Gasteiger partial charge in [0.1, 0.15) is 5.75 Å². The van der Waals surface area contributed by atoms with Crippen LogP contribution < -0.4 is 10.1 Å². The lowest BCUT2D eigenvalue weighted by atomic mass is 10.0. The van der Waals surface area contributed by atoms with Gasteiger partial charge in [-0.15, -0.1) is 0 Å². The number of hydrogen-bond acceptors (Lipinski definition) is 2. The summed E-state index contributed by atoms with van der Waals surface area (Å²) < 4.78 is 43.5. The van der Waals surface area contributed by atoms with Gasteiger partial charge in [-0.25, -0.2) is 0 Å². The van der Waals surface area contributed by atoms with Gasteiger partial charge in [0, 0.05) is 6.04 Å². The van der Waals surface area contributed by atoms with Crippen molar-refractivity contribution in [2.75, 3.05) is 6.54 Å². The summed E-state index contributed by atoms with van der Waals surface area (Å²) in [5, 5.41) is 2.95. The van der Waals surface area contributed by atoms with Crippen LogP contribution in [0.3, 0.4) is 0 Å². The van der Waals surface area contributed by atoms with E-state index < -0.39 is 18.6 Å². The molecule has 0 radical (unpaired) electrons. The number of hydrogen-bond donors (Lipinski definition) is 1. The van der Waals surface area contributed by atoms with Crippen LogP contribution in [-0.4, -0.2) is 18.8 Å². The third-order valence-electron chi connectivity index (χ3n) is 2.71. The Hall–Kier alpha value is -1.23. The molecule has 0 spiro atoms. The Morgan fingerprint density at radius 3 is 2.50 bits per heavy atom. The van der Waals surface area contributed by atoms with Crippen molar-refractivity contribution in [1.82, 2.24) is 5.32 Å². The Balaban J connectivity index is 2.88. The minimum Gasteiger partial charge on any atom is -0.491 e. The fourth-order valence-electron chi connectivity index (χ4n) is 1.93. The average molecular weight is 289 g/mol. The van der Waals surface area contributed by atoms with Crippen LogP contribution in [0, 0.1) is 0 Å². The molecule has 0 aliphatic heterocycles. The highest BCUT2D eigenvalue weighted by molar-refractivity contribution is 5.31. The first-order valence-electron chi connectivity index (χ1n) is 6.88. The monoisotopic (exact) mass is 289 g/mol. The lowest BCUT2D eigenvalue weighted by Crippen LogP contribution is -2.27. The topological polar surface area (TPSA) is 21.3 Å². The molecule has 0 bridgehead atoms. The van der Waals surface area contributed by atoms with Crippen LogP contribution in [-0.2, 0) is 0 Å². The molecule has 2 nitrogen and oxygen atoms in total. The SMILES string of the molecule is CCCNC(CC(F)(F)F)c1cccc(OC(C)C)c1. The fraction of sp³-hybridized carbons (Fsp3) is 0.600. The van der Waals surface area contributed by atoms with E-state index >= 15 is 0 Å². The van der Waals surface area contributed by atoms with E-state index in [0.717, 1.165) is 6.42 Å². The zero-order valence-electron chi connectivity index (χ0n) is 12.1. The predicted octanol–water partition coefficient (Wildman–Crippen LogP) is 4.47. The summed E-state index contributed by atoms with van der Waals surface area (Å²) in [5.41, 5.74) is 0.605. The molecule has 1 unspecified atom stereocenters. The molecular formula is C15H22F3NO. The fourth-order valence-corrected chi connectivity index (χ4v) is 1.93. The van der Waals surface area contributed by atoms with E-state index in [1.54, 1.807) is 24.3 Å². The van der Waals surface area contributed by atoms with Crippen LogP contribution in [0.25, 0.3) is 0 Å². The summed E-state index contributed by atoms with van der Waals surface area (Å²) in [4.78, 5) is 0. The minimum atomic E-state index is -4.19. The van der Waals surface area contributed by atoms with Gasteiger partial charge in [0.2, 0.25) is 0 Å². The van der Waals surface area contributed by atoms with E-state index in [1.165, 1.54) is 0 Å². The molecule has 1 aromatic rings. The first kappa shape index (κ1) is 16.8. The molecular weight excluding hydrogens is 267 g/mol. The summed E-state index contributed by atoms with van der Waals surface area (Å²) in [7, 11) is 0. The van der Waals surface area contributed by atoms with E-state index in [0.29, 0.717) is 17.9 Å². The van der Waals surface area contributed by atoms with E-state index in [4.69, 9.17) is 4.74 Å². The van der Waals surface area contributed by atoms with Gasteiger partial charge in [-0.05, 0) is 44.5 Å². The Morgan fingerprint density at radius 1 is 1.25 bits per heavy atom. The molecule has 1 atom stereocenters. The number of halogens is 3. The molecule has 0 saturated heterocycles. The van der Waals surface area contributed by atoms with E-state index in [-0.39, 0.29) is 6.10 Å². The second-order valence-electron chi connectivity index (χ2n) is 5.07. The second kappa shape index (κ2) is 7.53. The van der Waals surface area contributed by atoms with E-state index in [2.05, 4.69) is 5.32 Å². The zero-order valence-corrected chi connectivity index (χ0v) is 12.1. The normalized spacial score (nSPS) is 13.6. The molecule has 0 amide bonds. The van der Waals surface area contributed by atoms with E-state index in [1.807, 2.05) is 20.8 Å². The summed E-state index contributed by atoms with van der Waals surface area (Å²) in [6.07, 6.45) is -4.29. The second-order valence-corrected chi connectivity index (χ2v) is 5.07.